The van der Waals surface area contributed by atoms with Crippen LogP contribution in [0.5, 0.6) is 0 Å². The molecule has 1 amide bonds. The minimum Gasteiger partial charge on any atom is -0.338 e. The zero-order valence-corrected chi connectivity index (χ0v) is 10.8. The molecule has 1 N–H and O–H groups in total. The predicted molar refractivity (Wildman–Crippen MR) is 65.2 cm³/mol. The largest absolute Gasteiger partial charge is 0.338 e. The van der Waals surface area contributed by atoms with E-state index in [9.17, 15) is 4.79 Å². The molecule has 0 bridgehead atoms. The molecule has 1 aliphatic carbocycles. The van der Waals surface area contributed by atoms with E-state index in [1.807, 2.05) is 0 Å². The molecule has 1 atom stereocenters. The zero-order chi connectivity index (χ0) is 11.8. The van der Waals surface area contributed by atoms with Crippen LogP contribution in [-0.4, -0.2) is 35.5 Å². The smallest absolute Gasteiger partial charge is 0.242 e. The number of nitrogens with one attached hydrogen (secondary N) is 1. The van der Waals surface area contributed by atoms with E-state index in [4.69, 9.17) is 0 Å². The third kappa shape index (κ3) is 2.40. The van der Waals surface area contributed by atoms with Crippen LogP contribution in [0.4, 0.5) is 0 Å². The zero-order valence-electron chi connectivity index (χ0n) is 10.8. The third-order valence-electron chi connectivity index (χ3n) is 3.65. The normalized spacial score (nSPS) is 29.8. The van der Waals surface area contributed by atoms with Crippen LogP contribution in [-0.2, 0) is 4.79 Å². The lowest BCUT2D eigenvalue weighted by molar-refractivity contribution is -0.138. The van der Waals surface area contributed by atoms with Crippen molar-refractivity contribution >= 4 is 5.91 Å². The Kier molecular flexibility index (Phi) is 3.24. The van der Waals surface area contributed by atoms with E-state index in [0.29, 0.717) is 17.9 Å². The molecule has 16 heavy (non-hydrogen) atoms. The first kappa shape index (κ1) is 11.9. The third-order valence-corrected chi connectivity index (χ3v) is 3.65. The molecule has 0 aromatic carbocycles. The van der Waals surface area contributed by atoms with Crippen molar-refractivity contribution in [3.63, 3.8) is 0 Å². The highest BCUT2D eigenvalue weighted by atomic mass is 16.2. The lowest BCUT2D eigenvalue weighted by Gasteiger charge is -2.33. The summed E-state index contributed by atoms with van der Waals surface area (Å²) in [6, 6.07) is 0.536. The van der Waals surface area contributed by atoms with Crippen LogP contribution in [0.3, 0.4) is 0 Å². The van der Waals surface area contributed by atoms with Gasteiger partial charge in [-0.25, -0.2) is 0 Å². The van der Waals surface area contributed by atoms with E-state index in [2.05, 4.69) is 31.0 Å². The number of nitrogens with zero attached hydrogens (tertiary/aromatic N) is 1. The second-order valence-electron chi connectivity index (χ2n) is 5.94. The van der Waals surface area contributed by atoms with Gasteiger partial charge in [0.05, 0.1) is 5.54 Å². The van der Waals surface area contributed by atoms with E-state index < -0.39 is 0 Å². The van der Waals surface area contributed by atoms with Crippen molar-refractivity contribution in [2.45, 2.75) is 58.0 Å². The van der Waals surface area contributed by atoms with Crippen molar-refractivity contribution < 1.29 is 4.79 Å². The minimum atomic E-state index is -0.280. The summed E-state index contributed by atoms with van der Waals surface area (Å²) in [6.45, 7) is 8.35. The van der Waals surface area contributed by atoms with Gasteiger partial charge in [0.15, 0.2) is 0 Å². The highest BCUT2D eigenvalue weighted by Crippen LogP contribution is 2.31. The molecule has 1 saturated carbocycles. The number of amides is 1. The maximum atomic E-state index is 12.5. The molecule has 2 rings (SSSR count). The molecule has 1 saturated heterocycles. The van der Waals surface area contributed by atoms with Crippen molar-refractivity contribution in [3.8, 4) is 0 Å². The van der Waals surface area contributed by atoms with Gasteiger partial charge in [-0.05, 0) is 45.1 Å². The van der Waals surface area contributed by atoms with E-state index in [1.165, 1.54) is 12.8 Å². The first-order valence-electron chi connectivity index (χ1n) is 6.59. The molecular weight excluding hydrogens is 200 g/mol. The lowest BCUT2D eigenvalue weighted by atomic mass is 9.97. The minimum absolute atomic E-state index is 0.280. The summed E-state index contributed by atoms with van der Waals surface area (Å²) in [6.07, 6.45) is 4.53. The first-order chi connectivity index (χ1) is 7.53. The molecule has 0 spiro atoms. The van der Waals surface area contributed by atoms with Crippen LogP contribution in [0.2, 0.25) is 0 Å². The predicted octanol–water partition coefficient (Wildman–Crippen LogP) is 1.78. The van der Waals surface area contributed by atoms with Gasteiger partial charge in [0.25, 0.3) is 0 Å². The van der Waals surface area contributed by atoms with Gasteiger partial charge in [0, 0.05) is 12.6 Å². The molecule has 1 unspecified atom stereocenters. The number of carbonyl (C=O) groups excluding carboxylic acids is 1. The number of hydrogen-bond acceptors (Lipinski definition) is 2. The van der Waals surface area contributed by atoms with Crippen molar-refractivity contribution in [2.24, 2.45) is 5.92 Å². The second-order valence-corrected chi connectivity index (χ2v) is 5.94. The van der Waals surface area contributed by atoms with E-state index in [-0.39, 0.29) is 5.54 Å². The lowest BCUT2D eigenvalue weighted by Crippen LogP contribution is -2.54. The Bertz CT molecular complexity index is 265. The summed E-state index contributed by atoms with van der Waals surface area (Å²) in [7, 11) is 0. The first-order valence-corrected chi connectivity index (χ1v) is 6.59. The fourth-order valence-corrected chi connectivity index (χ4v) is 2.57. The number of hydrogen-bond donors (Lipinski definition) is 1. The van der Waals surface area contributed by atoms with Crippen LogP contribution in [0.25, 0.3) is 0 Å². The van der Waals surface area contributed by atoms with Gasteiger partial charge in [-0.2, -0.15) is 0 Å². The molecule has 2 fully saturated rings. The molecule has 1 heterocycles. The van der Waals surface area contributed by atoms with Crippen molar-refractivity contribution in [3.05, 3.63) is 0 Å². The van der Waals surface area contributed by atoms with Gasteiger partial charge >= 0.3 is 0 Å². The average Bonchev–Trinajstić information content (AvgIpc) is 2.97. The van der Waals surface area contributed by atoms with Crippen LogP contribution in [0.15, 0.2) is 0 Å². The van der Waals surface area contributed by atoms with Crippen molar-refractivity contribution in [1.29, 1.82) is 0 Å². The van der Waals surface area contributed by atoms with E-state index >= 15 is 0 Å². The average molecular weight is 224 g/mol. The van der Waals surface area contributed by atoms with Gasteiger partial charge in [0.1, 0.15) is 0 Å². The molecule has 3 heteroatoms. The summed E-state index contributed by atoms with van der Waals surface area (Å²) in [5.41, 5.74) is -0.280. The SMILES string of the molecule is CC(C)CN(C(=O)C1(C)CCCN1)C1CC1. The van der Waals surface area contributed by atoms with Crippen molar-refractivity contribution in [1.82, 2.24) is 10.2 Å². The number of carbonyl (C=O) groups is 1. The second kappa shape index (κ2) is 4.36. The highest BCUT2D eigenvalue weighted by molar-refractivity contribution is 5.86. The van der Waals surface area contributed by atoms with E-state index in [1.54, 1.807) is 0 Å². The van der Waals surface area contributed by atoms with Crippen molar-refractivity contribution in [2.75, 3.05) is 13.1 Å². The Hall–Kier alpha value is -0.570. The van der Waals surface area contributed by atoms with Gasteiger partial charge < -0.3 is 10.2 Å². The summed E-state index contributed by atoms with van der Waals surface area (Å²) in [4.78, 5) is 14.7. The molecule has 0 radical (unpaired) electrons. The summed E-state index contributed by atoms with van der Waals surface area (Å²) in [5.74, 6) is 0.899. The van der Waals surface area contributed by atoms with E-state index in [0.717, 1.165) is 25.9 Å². The molecule has 0 aromatic heterocycles. The topological polar surface area (TPSA) is 32.3 Å². The Morgan fingerprint density at radius 1 is 1.50 bits per heavy atom. The Morgan fingerprint density at radius 3 is 2.62 bits per heavy atom. The molecule has 0 aromatic rings. The monoisotopic (exact) mass is 224 g/mol. The van der Waals surface area contributed by atoms with Gasteiger partial charge in [-0.1, -0.05) is 13.8 Å². The fraction of sp³-hybridized carbons (Fsp3) is 0.923. The highest BCUT2D eigenvalue weighted by Gasteiger charge is 2.43. The van der Waals surface area contributed by atoms with Gasteiger partial charge in [-0.3, -0.25) is 4.79 Å². The molecular formula is C13H24N2O. The van der Waals surface area contributed by atoms with Crippen LogP contribution in [0.1, 0.15) is 46.5 Å². The Labute approximate surface area is 98.6 Å². The molecule has 92 valence electrons. The molecule has 2 aliphatic rings. The van der Waals surface area contributed by atoms with Crippen LogP contribution < -0.4 is 5.32 Å². The quantitative estimate of drug-likeness (QED) is 0.789. The fourth-order valence-electron chi connectivity index (χ4n) is 2.57. The van der Waals surface area contributed by atoms with Crippen LogP contribution in [0, 0.1) is 5.92 Å². The maximum Gasteiger partial charge on any atom is 0.242 e. The maximum absolute atomic E-state index is 12.5. The molecule has 3 nitrogen and oxygen atoms in total. The summed E-state index contributed by atoms with van der Waals surface area (Å²) < 4.78 is 0. The van der Waals surface area contributed by atoms with Gasteiger partial charge in [-0.15, -0.1) is 0 Å². The van der Waals surface area contributed by atoms with Gasteiger partial charge in [0.2, 0.25) is 5.91 Å². The summed E-state index contributed by atoms with van der Waals surface area (Å²) in [5, 5.41) is 3.38. The summed E-state index contributed by atoms with van der Waals surface area (Å²) >= 11 is 0. The Morgan fingerprint density at radius 2 is 2.19 bits per heavy atom. The molecule has 1 aliphatic heterocycles. The van der Waals surface area contributed by atoms with Crippen LogP contribution >= 0.6 is 0 Å². The standard InChI is InChI=1S/C13H24N2O/c1-10(2)9-15(11-5-6-11)12(16)13(3)7-4-8-14-13/h10-11,14H,4-9H2,1-3H3. The Balaban J connectivity index is 2.04. The number of rotatable bonds is 4.